The standard InChI is InChI=1S/C83H141N13O19S2/c1-7-8-9-10-11-12-13-14-15-16-17-18-19-26-62(100)44-57(35-40-116-5)77(110)91-51-63(101)45-59(43-55-29-31-61(99)32-30-55)80(113)94-67(33-34-74(86)106)70(102)46-56(25-20-22-37-84)78(111)92-65(27-21-23-38-85)71(103)47-58(42-53(2)3)79(112)93-66(28-24-39-90-83(88)89)72(104)48-60(52-97)81(114)95-68(36-41-117-6)73(105)49-64(54(4)98)82(115)96-69(76(87)109)50-75(107)108/h29-32,53-54,56-60,64-69,97-99H,7-28,33-52,84-85H2,1-6H3,(H2,86,106)(H2,87,109)(H,91,110)(H,92,111)(H,93,112)(H,94,113)(H,95,114)(H,96,115)(H,107,108)(H4,88,89,90)/t54-,56-,57-,58-,59-,60+,64+,65-,66+,67+,68+,69+/m1/s1. The number of aromatic hydroxyl groups is 1. The lowest BCUT2D eigenvalue weighted by molar-refractivity contribution is -0.141. The summed E-state index contributed by atoms with van der Waals surface area (Å²) in [6.45, 7) is 5.98. The topological polar surface area (TPSA) is 578 Å². The molecule has 8 amide bonds. The number of unbranched alkanes of at least 4 members (excludes halogenated alkanes) is 14. The van der Waals surface area contributed by atoms with Gasteiger partial charge in [-0.05, 0) is 151 Å². The first-order valence-corrected chi connectivity index (χ1v) is 44.7. The zero-order valence-corrected chi connectivity index (χ0v) is 71.8. The third-order valence-corrected chi connectivity index (χ3v) is 21.9. The molecule has 1 aromatic carbocycles. The van der Waals surface area contributed by atoms with Crippen LogP contribution in [0.5, 0.6) is 5.75 Å². The van der Waals surface area contributed by atoms with E-state index < -0.39 is 212 Å². The second-order valence-electron chi connectivity index (χ2n) is 31.3. The highest BCUT2D eigenvalue weighted by Crippen LogP contribution is 2.26. The van der Waals surface area contributed by atoms with Crippen LogP contribution in [0.3, 0.4) is 0 Å². The minimum Gasteiger partial charge on any atom is -0.508 e. The first-order valence-electron chi connectivity index (χ1n) is 41.9. The van der Waals surface area contributed by atoms with E-state index >= 15 is 0 Å². The van der Waals surface area contributed by atoms with Gasteiger partial charge in [-0.15, -0.1) is 0 Å². The highest BCUT2D eigenvalue weighted by Gasteiger charge is 2.38. The third kappa shape index (κ3) is 48.7. The van der Waals surface area contributed by atoms with Crippen LogP contribution < -0.4 is 66.3 Å². The molecule has 1 aromatic rings. The fourth-order valence-corrected chi connectivity index (χ4v) is 14.7. The lowest BCUT2D eigenvalue weighted by Crippen LogP contribution is -2.51. The van der Waals surface area contributed by atoms with Crippen LogP contribution in [0.1, 0.15) is 252 Å². The van der Waals surface area contributed by atoms with E-state index in [9.17, 15) is 92.3 Å². The minimum absolute atomic E-state index is 0.0157. The van der Waals surface area contributed by atoms with Gasteiger partial charge in [-0.3, -0.25) is 76.9 Å². The number of carboxylic acid groups (broad SMARTS) is 1. The molecule has 0 aliphatic heterocycles. The number of nitrogens with two attached hydrogens (primary N) is 6. The van der Waals surface area contributed by atoms with Crippen LogP contribution in [-0.2, 0) is 78.3 Å². The van der Waals surface area contributed by atoms with Gasteiger partial charge in [0, 0.05) is 81.6 Å². The number of nitrogens with one attached hydrogen (secondary N) is 6. The number of primary amides is 2. The number of aliphatic hydroxyl groups excluding tert-OH is 2. The van der Waals surface area contributed by atoms with Gasteiger partial charge in [0.25, 0.3) is 0 Å². The number of thioether (sulfide) groups is 2. The molecule has 0 unspecified atom stereocenters. The van der Waals surface area contributed by atoms with Crippen LogP contribution in [0.15, 0.2) is 29.3 Å². The highest BCUT2D eigenvalue weighted by atomic mass is 32.2. The predicted octanol–water partition coefficient (Wildman–Crippen LogP) is 4.87. The maximum absolute atomic E-state index is 14.9. The van der Waals surface area contributed by atoms with Crippen molar-refractivity contribution < 1.29 is 92.3 Å². The first kappa shape index (κ1) is 107. The Bertz CT molecular complexity index is 3250. The number of Topliss-reactive ketones (excluding diaryl/α,β-unsaturated/α-hetero) is 6. The number of aliphatic carboxylic acids is 1. The summed E-state index contributed by atoms with van der Waals surface area (Å²) in [6.07, 6.45) is 15.0. The van der Waals surface area contributed by atoms with Gasteiger partial charge in [-0.2, -0.15) is 23.5 Å². The van der Waals surface area contributed by atoms with Crippen molar-refractivity contribution in [2.75, 3.05) is 56.8 Å². The number of carbonyl (C=O) groups is 15. The maximum atomic E-state index is 14.9. The predicted molar refractivity (Wildman–Crippen MR) is 453 cm³/mol. The molecule has 0 radical (unpaired) electrons. The Morgan fingerprint density at radius 1 is 0.453 bits per heavy atom. The van der Waals surface area contributed by atoms with E-state index in [0.29, 0.717) is 49.8 Å². The molecule has 0 aromatic heterocycles. The molecule has 0 fully saturated rings. The van der Waals surface area contributed by atoms with E-state index in [1.807, 2.05) is 6.26 Å². The number of phenolic OH excluding ortho intramolecular Hbond substituents is 1. The molecule has 0 bridgehead atoms. The summed E-state index contributed by atoms with van der Waals surface area (Å²) in [5.74, 6) is -18.7. The summed E-state index contributed by atoms with van der Waals surface area (Å²) in [5.41, 5.74) is 34.4. The number of amides is 8. The third-order valence-electron chi connectivity index (χ3n) is 20.6. The molecule has 34 heteroatoms. The number of aliphatic imine (C=N–C) groups is 1. The fraction of sp³-hybridized carbons (Fsp3) is 0.735. The van der Waals surface area contributed by atoms with Crippen molar-refractivity contribution in [1.29, 1.82) is 0 Å². The summed E-state index contributed by atoms with van der Waals surface area (Å²) in [5, 5.41) is 56.3. The fourth-order valence-electron chi connectivity index (χ4n) is 13.7. The number of carboxylic acids is 1. The van der Waals surface area contributed by atoms with Crippen LogP contribution in [0.4, 0.5) is 0 Å². The Kier molecular flexibility index (Phi) is 57.8. The number of aliphatic hydroxyl groups is 2. The summed E-state index contributed by atoms with van der Waals surface area (Å²) in [7, 11) is 0. The number of phenols is 1. The molecule has 22 N–H and O–H groups in total. The molecule has 0 saturated carbocycles. The summed E-state index contributed by atoms with van der Waals surface area (Å²) >= 11 is 2.82. The average Bonchev–Trinajstić information content (AvgIpc) is 0.860. The number of hydrogen-bond donors (Lipinski definition) is 16. The SMILES string of the molecule is CCCCCCCCCCCCCCCC(=O)C[C@@H](CCSC)C(=O)NCC(=O)C[C@@H](Cc1ccc(O)cc1)C(=O)N[C@@H](CCC(N)=O)C(=O)C[C@@H](CCCCN)C(=O)N[C@H](CCCCN)C(=O)C[C@@H](CC(C)C)C(=O)N[C@@H](CCCN=C(N)N)C(=O)C[C@@H](CO)C(=O)N[C@@H](CCSC)C(=O)C[C@H](C(=O)N[C@@H](CC(=O)O)C(N)=O)[C@@H](C)O. The van der Waals surface area contributed by atoms with Gasteiger partial charge in [-0.25, -0.2) is 0 Å². The molecule has 664 valence electrons. The molecule has 0 aliphatic carbocycles. The number of carbonyl (C=O) groups excluding carboxylic acids is 14. The molecule has 0 spiro atoms. The van der Waals surface area contributed by atoms with Gasteiger partial charge in [0.2, 0.25) is 47.3 Å². The van der Waals surface area contributed by atoms with Crippen LogP contribution >= 0.6 is 23.5 Å². The molecule has 12 atom stereocenters. The van der Waals surface area contributed by atoms with E-state index in [1.165, 1.54) is 100 Å². The van der Waals surface area contributed by atoms with Crippen molar-refractivity contribution in [3.63, 3.8) is 0 Å². The van der Waals surface area contributed by atoms with Gasteiger partial charge in [0.1, 0.15) is 17.6 Å². The molecule has 0 heterocycles. The number of guanidine groups is 1. The highest BCUT2D eigenvalue weighted by molar-refractivity contribution is 7.98. The van der Waals surface area contributed by atoms with E-state index in [0.717, 1.165) is 25.7 Å². The number of nitrogens with zero attached hydrogens (tertiary/aromatic N) is 1. The van der Waals surface area contributed by atoms with Crippen LogP contribution in [0.2, 0.25) is 0 Å². The van der Waals surface area contributed by atoms with Gasteiger partial charge in [-0.1, -0.05) is 116 Å². The summed E-state index contributed by atoms with van der Waals surface area (Å²) < 4.78 is 0. The summed E-state index contributed by atoms with van der Waals surface area (Å²) in [6, 6.07) is -1.25. The normalized spacial score (nSPS) is 14.4. The summed E-state index contributed by atoms with van der Waals surface area (Å²) in [4.78, 5) is 210. The number of benzene rings is 1. The lowest BCUT2D eigenvalue weighted by Gasteiger charge is -2.27. The second-order valence-corrected chi connectivity index (χ2v) is 33.3. The van der Waals surface area contributed by atoms with Crippen LogP contribution in [0.25, 0.3) is 0 Å². The molecule has 0 aliphatic rings. The van der Waals surface area contributed by atoms with E-state index in [1.54, 1.807) is 32.2 Å². The lowest BCUT2D eigenvalue weighted by atomic mass is 9.87. The molecule has 32 nitrogen and oxygen atoms in total. The second kappa shape index (κ2) is 63.2. The zero-order chi connectivity index (χ0) is 87.8. The van der Waals surface area contributed by atoms with Crippen molar-refractivity contribution in [3.05, 3.63) is 29.8 Å². The Balaban J connectivity index is 3.60. The van der Waals surface area contributed by atoms with E-state index in [-0.39, 0.29) is 107 Å². The zero-order valence-electron chi connectivity index (χ0n) is 70.2. The van der Waals surface area contributed by atoms with Crippen molar-refractivity contribution in [2.24, 2.45) is 80.8 Å². The van der Waals surface area contributed by atoms with Crippen LogP contribution in [-0.4, -0.2) is 207 Å². The molecular formula is C83H141N13O19S2. The maximum Gasteiger partial charge on any atom is 0.305 e. The number of ketones is 6. The Morgan fingerprint density at radius 2 is 0.897 bits per heavy atom. The quantitative estimate of drug-likeness (QED) is 0.0235. The molecule has 0 saturated heterocycles. The van der Waals surface area contributed by atoms with Gasteiger partial charge in [0.05, 0.1) is 61.7 Å². The first-order chi connectivity index (χ1) is 55.6. The van der Waals surface area contributed by atoms with E-state index in [4.69, 9.17) is 34.4 Å². The van der Waals surface area contributed by atoms with E-state index in [2.05, 4.69) is 43.8 Å². The largest absolute Gasteiger partial charge is 0.508 e. The number of rotatable bonds is 73. The van der Waals surface area contributed by atoms with Gasteiger partial charge < -0.3 is 86.7 Å². The van der Waals surface area contributed by atoms with Crippen molar-refractivity contribution >= 4 is 117 Å². The molecule has 1 rings (SSSR count). The van der Waals surface area contributed by atoms with Crippen molar-refractivity contribution in [3.8, 4) is 5.75 Å². The Morgan fingerprint density at radius 3 is 1.39 bits per heavy atom. The molecule has 117 heavy (non-hydrogen) atoms. The van der Waals surface area contributed by atoms with Gasteiger partial charge >= 0.3 is 5.97 Å². The minimum atomic E-state index is -1.69. The number of hydrogen-bond acceptors (Lipinski definition) is 23. The van der Waals surface area contributed by atoms with Crippen molar-refractivity contribution in [1.82, 2.24) is 31.9 Å². The Labute approximate surface area is 700 Å². The monoisotopic (exact) mass is 1690 g/mol. The smallest absolute Gasteiger partial charge is 0.305 e. The van der Waals surface area contributed by atoms with Crippen LogP contribution in [0, 0.1) is 41.4 Å². The van der Waals surface area contributed by atoms with Crippen molar-refractivity contribution in [2.45, 2.75) is 289 Å². The van der Waals surface area contributed by atoms with Gasteiger partial charge in [0.15, 0.2) is 34.9 Å². The average molecular weight is 1690 g/mol. The Hall–Kier alpha value is -7.92. The molecular weight excluding hydrogens is 1550 g/mol.